The van der Waals surface area contributed by atoms with Crippen molar-refractivity contribution < 1.29 is 14.7 Å². The molecule has 0 saturated carbocycles. The highest BCUT2D eigenvalue weighted by Crippen LogP contribution is 2.21. The van der Waals surface area contributed by atoms with Crippen molar-refractivity contribution in [1.29, 1.82) is 0 Å². The Hall–Kier alpha value is -0.900. The summed E-state index contributed by atoms with van der Waals surface area (Å²) in [6.45, 7) is 3.94. The van der Waals surface area contributed by atoms with Crippen molar-refractivity contribution >= 4 is 11.8 Å². The second kappa shape index (κ2) is 4.09. The van der Waals surface area contributed by atoms with Crippen molar-refractivity contribution in [1.82, 2.24) is 5.32 Å². The zero-order valence-corrected chi connectivity index (χ0v) is 8.67. The molecule has 0 aliphatic carbocycles. The quantitative estimate of drug-likeness (QED) is 0.710. The number of carboxylic acid groups (broad SMARTS) is 1. The van der Waals surface area contributed by atoms with E-state index in [-0.39, 0.29) is 23.8 Å². The molecule has 1 saturated heterocycles. The Morgan fingerprint density at radius 2 is 2.29 bits per heavy atom. The average molecular weight is 199 g/mol. The number of ketones is 1. The molecule has 14 heavy (non-hydrogen) atoms. The van der Waals surface area contributed by atoms with Crippen LogP contribution in [0.15, 0.2) is 0 Å². The lowest BCUT2D eigenvalue weighted by atomic mass is 9.87. The van der Waals surface area contributed by atoms with E-state index in [4.69, 9.17) is 5.11 Å². The van der Waals surface area contributed by atoms with Gasteiger partial charge in [-0.2, -0.15) is 0 Å². The van der Waals surface area contributed by atoms with E-state index in [1.807, 2.05) is 13.8 Å². The Kier molecular flexibility index (Phi) is 3.26. The second-order valence-corrected chi connectivity index (χ2v) is 4.58. The Labute approximate surface area is 83.7 Å². The molecule has 0 aromatic rings. The number of piperidine rings is 1. The minimum absolute atomic E-state index is 0.0300. The molecule has 1 aliphatic rings. The van der Waals surface area contributed by atoms with Gasteiger partial charge >= 0.3 is 5.97 Å². The lowest BCUT2D eigenvalue weighted by Crippen LogP contribution is -2.52. The van der Waals surface area contributed by atoms with E-state index in [0.29, 0.717) is 19.3 Å². The highest BCUT2D eigenvalue weighted by Gasteiger charge is 2.31. The van der Waals surface area contributed by atoms with E-state index in [9.17, 15) is 9.59 Å². The SMILES string of the molecule is CC1(C)CC(=O)CC(CCC(=O)O)N1. The summed E-state index contributed by atoms with van der Waals surface area (Å²) in [7, 11) is 0. The van der Waals surface area contributed by atoms with E-state index in [2.05, 4.69) is 5.32 Å². The molecular formula is C10H17NO3. The van der Waals surface area contributed by atoms with Crippen LogP contribution in [0, 0.1) is 0 Å². The maximum atomic E-state index is 11.3. The molecule has 0 aromatic carbocycles. The molecule has 80 valence electrons. The van der Waals surface area contributed by atoms with Crippen molar-refractivity contribution in [3.05, 3.63) is 0 Å². The topological polar surface area (TPSA) is 66.4 Å². The number of carboxylic acids is 1. The lowest BCUT2D eigenvalue weighted by Gasteiger charge is -2.36. The Balaban J connectivity index is 2.46. The van der Waals surface area contributed by atoms with Crippen LogP contribution in [0.4, 0.5) is 0 Å². The number of Topliss-reactive ketones (excluding diaryl/α,β-unsaturated/α-hetero) is 1. The zero-order chi connectivity index (χ0) is 10.8. The summed E-state index contributed by atoms with van der Waals surface area (Å²) in [6, 6.07) is 0.0300. The Morgan fingerprint density at radius 3 is 2.79 bits per heavy atom. The zero-order valence-electron chi connectivity index (χ0n) is 8.67. The van der Waals surface area contributed by atoms with Gasteiger partial charge in [0.2, 0.25) is 0 Å². The van der Waals surface area contributed by atoms with Gasteiger partial charge in [0.1, 0.15) is 5.78 Å². The number of carbonyl (C=O) groups is 2. The van der Waals surface area contributed by atoms with Gasteiger partial charge in [-0.3, -0.25) is 9.59 Å². The van der Waals surface area contributed by atoms with E-state index >= 15 is 0 Å². The third-order valence-electron chi connectivity index (χ3n) is 2.41. The fourth-order valence-electron chi connectivity index (χ4n) is 1.97. The number of aliphatic carboxylic acids is 1. The van der Waals surface area contributed by atoms with Crippen LogP contribution in [0.25, 0.3) is 0 Å². The molecule has 1 rings (SSSR count). The first-order valence-corrected chi connectivity index (χ1v) is 4.90. The highest BCUT2D eigenvalue weighted by molar-refractivity contribution is 5.81. The number of nitrogens with one attached hydrogen (secondary N) is 1. The summed E-state index contributed by atoms with van der Waals surface area (Å²) in [4.78, 5) is 21.7. The normalized spacial score (nSPS) is 26.1. The molecule has 0 amide bonds. The van der Waals surface area contributed by atoms with Crippen LogP contribution in [0.3, 0.4) is 0 Å². The number of rotatable bonds is 3. The number of hydrogen-bond donors (Lipinski definition) is 2. The summed E-state index contributed by atoms with van der Waals surface area (Å²) < 4.78 is 0. The molecule has 1 heterocycles. The van der Waals surface area contributed by atoms with E-state index in [1.165, 1.54) is 0 Å². The summed E-state index contributed by atoms with van der Waals surface area (Å²) >= 11 is 0. The Bertz CT molecular complexity index is 248. The molecule has 4 nitrogen and oxygen atoms in total. The predicted octanol–water partition coefficient (Wildman–Crippen LogP) is 0.951. The van der Waals surface area contributed by atoms with Gasteiger partial charge in [-0.1, -0.05) is 0 Å². The minimum atomic E-state index is -0.803. The fraction of sp³-hybridized carbons (Fsp3) is 0.800. The van der Waals surface area contributed by atoms with Gasteiger partial charge in [0, 0.05) is 30.8 Å². The Morgan fingerprint density at radius 1 is 1.64 bits per heavy atom. The van der Waals surface area contributed by atoms with E-state index < -0.39 is 5.97 Å². The molecule has 1 fully saturated rings. The van der Waals surface area contributed by atoms with Gasteiger partial charge < -0.3 is 10.4 Å². The van der Waals surface area contributed by atoms with Gasteiger partial charge in [0.25, 0.3) is 0 Å². The third kappa shape index (κ3) is 3.46. The van der Waals surface area contributed by atoms with Crippen molar-refractivity contribution in [2.24, 2.45) is 0 Å². The molecule has 2 N–H and O–H groups in total. The first-order chi connectivity index (χ1) is 6.39. The molecule has 4 heteroatoms. The minimum Gasteiger partial charge on any atom is -0.481 e. The van der Waals surface area contributed by atoms with Crippen LogP contribution >= 0.6 is 0 Å². The molecule has 0 bridgehead atoms. The monoisotopic (exact) mass is 199 g/mol. The van der Waals surface area contributed by atoms with E-state index in [0.717, 1.165) is 0 Å². The molecule has 0 radical (unpaired) electrons. The van der Waals surface area contributed by atoms with Crippen molar-refractivity contribution in [3.63, 3.8) is 0 Å². The van der Waals surface area contributed by atoms with Crippen LogP contribution in [-0.4, -0.2) is 28.4 Å². The smallest absolute Gasteiger partial charge is 0.303 e. The van der Waals surface area contributed by atoms with Crippen LogP contribution in [0.5, 0.6) is 0 Å². The molecule has 1 aliphatic heterocycles. The first kappa shape index (κ1) is 11.2. The third-order valence-corrected chi connectivity index (χ3v) is 2.41. The van der Waals surface area contributed by atoms with E-state index in [1.54, 1.807) is 0 Å². The number of carbonyl (C=O) groups excluding carboxylic acids is 1. The van der Waals surface area contributed by atoms with Crippen molar-refractivity contribution in [3.8, 4) is 0 Å². The van der Waals surface area contributed by atoms with Gasteiger partial charge in [0.15, 0.2) is 0 Å². The molecule has 0 spiro atoms. The number of hydrogen-bond acceptors (Lipinski definition) is 3. The van der Waals surface area contributed by atoms with Crippen molar-refractivity contribution in [2.75, 3.05) is 0 Å². The summed E-state index contributed by atoms with van der Waals surface area (Å²) in [5.74, 6) is -0.577. The maximum Gasteiger partial charge on any atom is 0.303 e. The van der Waals surface area contributed by atoms with Crippen LogP contribution < -0.4 is 5.32 Å². The maximum absolute atomic E-state index is 11.3. The van der Waals surface area contributed by atoms with Crippen molar-refractivity contribution in [2.45, 2.75) is 51.1 Å². The molecule has 0 aromatic heterocycles. The molecule has 1 unspecified atom stereocenters. The second-order valence-electron chi connectivity index (χ2n) is 4.58. The van der Waals surface area contributed by atoms with Crippen LogP contribution in [0.1, 0.15) is 39.5 Å². The summed E-state index contributed by atoms with van der Waals surface area (Å²) in [5, 5.41) is 11.8. The van der Waals surface area contributed by atoms with Gasteiger partial charge in [0.05, 0.1) is 0 Å². The largest absolute Gasteiger partial charge is 0.481 e. The van der Waals surface area contributed by atoms with Gasteiger partial charge in [-0.15, -0.1) is 0 Å². The highest BCUT2D eigenvalue weighted by atomic mass is 16.4. The standard InChI is InChI=1S/C10H17NO3/c1-10(2)6-8(12)5-7(11-10)3-4-9(13)14/h7,11H,3-6H2,1-2H3,(H,13,14). The van der Waals surface area contributed by atoms with Gasteiger partial charge in [-0.25, -0.2) is 0 Å². The summed E-state index contributed by atoms with van der Waals surface area (Å²) in [5.41, 5.74) is -0.182. The fourth-order valence-corrected chi connectivity index (χ4v) is 1.97. The average Bonchev–Trinajstić information content (AvgIpc) is 1.96. The van der Waals surface area contributed by atoms with Gasteiger partial charge in [-0.05, 0) is 20.3 Å². The van der Waals surface area contributed by atoms with Crippen LogP contribution in [0.2, 0.25) is 0 Å². The molecular weight excluding hydrogens is 182 g/mol. The van der Waals surface area contributed by atoms with Crippen LogP contribution in [-0.2, 0) is 9.59 Å². The summed E-state index contributed by atoms with van der Waals surface area (Å²) in [6.07, 6.45) is 1.67. The first-order valence-electron chi connectivity index (χ1n) is 4.90. The lowest BCUT2D eigenvalue weighted by molar-refractivity contribution is -0.137. The molecule has 1 atom stereocenters. The predicted molar refractivity (Wildman–Crippen MR) is 52.1 cm³/mol.